The smallest absolute Gasteiger partial charge is 0.0270 e. The van der Waals surface area contributed by atoms with E-state index in [2.05, 4.69) is 82.8 Å². The highest BCUT2D eigenvalue weighted by Crippen LogP contribution is 2.17. The highest BCUT2D eigenvalue weighted by Gasteiger charge is 2.05. The predicted octanol–water partition coefficient (Wildman–Crippen LogP) is 5.83. The van der Waals surface area contributed by atoms with Crippen LogP contribution in [0, 0.1) is 0 Å². The molecule has 30 heavy (non-hydrogen) atoms. The van der Waals surface area contributed by atoms with Crippen LogP contribution in [0.25, 0.3) is 0 Å². The summed E-state index contributed by atoms with van der Waals surface area (Å²) in [5.41, 5.74) is 8.40. The number of pyridine rings is 2. The third-order valence-electron chi connectivity index (χ3n) is 5.56. The van der Waals surface area contributed by atoms with E-state index >= 15 is 0 Å². The lowest BCUT2D eigenvalue weighted by Crippen LogP contribution is -2.00. The van der Waals surface area contributed by atoms with Gasteiger partial charge in [-0.05, 0) is 96.2 Å². The quantitative estimate of drug-likeness (QED) is 0.358. The molecule has 0 fully saturated rings. The Balaban J connectivity index is 1.48. The zero-order valence-corrected chi connectivity index (χ0v) is 17.4. The van der Waals surface area contributed by atoms with E-state index in [9.17, 15) is 0 Å². The van der Waals surface area contributed by atoms with Crippen LogP contribution < -0.4 is 0 Å². The van der Waals surface area contributed by atoms with Crippen molar-refractivity contribution < 1.29 is 0 Å². The molecule has 2 aromatic carbocycles. The second kappa shape index (κ2) is 10.5. The lowest BCUT2D eigenvalue weighted by atomic mass is 9.94. The van der Waals surface area contributed by atoms with Crippen molar-refractivity contribution in [2.75, 3.05) is 0 Å². The van der Waals surface area contributed by atoms with Crippen LogP contribution in [0.1, 0.15) is 33.4 Å². The number of rotatable bonds is 9. The number of aryl methyl sites for hydroxylation is 6. The van der Waals surface area contributed by atoms with Crippen LogP contribution in [-0.4, -0.2) is 9.97 Å². The van der Waals surface area contributed by atoms with E-state index < -0.39 is 0 Å². The molecule has 4 rings (SSSR count). The van der Waals surface area contributed by atoms with Gasteiger partial charge in [-0.25, -0.2) is 0 Å². The average molecular weight is 393 g/mol. The van der Waals surface area contributed by atoms with E-state index in [0.717, 1.165) is 38.5 Å². The molecule has 0 atom stereocenters. The predicted molar refractivity (Wildman–Crippen MR) is 124 cm³/mol. The average Bonchev–Trinajstić information content (AvgIpc) is 2.82. The molecule has 0 aliphatic carbocycles. The van der Waals surface area contributed by atoms with Crippen LogP contribution in [0.3, 0.4) is 0 Å². The van der Waals surface area contributed by atoms with Crippen molar-refractivity contribution in [1.29, 1.82) is 0 Å². The number of aromatic nitrogens is 2. The largest absolute Gasteiger partial charge is 0.265 e. The van der Waals surface area contributed by atoms with Crippen LogP contribution in [-0.2, 0) is 38.5 Å². The summed E-state index contributed by atoms with van der Waals surface area (Å²) in [6, 6.07) is 26.4. The Labute approximate surface area is 179 Å². The SMILES string of the molecule is c1ccc(CCc2cc(CCc3ccncc3)cc(CCc3ccncc3)c2)cc1. The molecular formula is C28H28N2. The van der Waals surface area contributed by atoms with Crippen molar-refractivity contribution in [3.63, 3.8) is 0 Å². The molecule has 0 amide bonds. The Hall–Kier alpha value is -3.26. The monoisotopic (exact) mass is 392 g/mol. The molecule has 2 heteroatoms. The van der Waals surface area contributed by atoms with Crippen molar-refractivity contribution in [2.45, 2.75) is 38.5 Å². The van der Waals surface area contributed by atoms with Gasteiger partial charge in [0.1, 0.15) is 0 Å². The van der Waals surface area contributed by atoms with Gasteiger partial charge in [-0.3, -0.25) is 9.97 Å². The minimum absolute atomic E-state index is 1.05. The zero-order valence-electron chi connectivity index (χ0n) is 17.4. The number of benzene rings is 2. The fraction of sp³-hybridized carbons (Fsp3) is 0.214. The fourth-order valence-electron chi connectivity index (χ4n) is 3.88. The van der Waals surface area contributed by atoms with Crippen LogP contribution in [0.15, 0.2) is 97.6 Å². The third-order valence-corrected chi connectivity index (χ3v) is 5.56. The molecule has 0 aliphatic rings. The van der Waals surface area contributed by atoms with Crippen molar-refractivity contribution in [3.05, 3.63) is 131 Å². The Kier molecular flexibility index (Phi) is 7.01. The Bertz CT molecular complexity index is 879. The standard InChI is InChI=1S/C28H28N2/c1-2-4-23(5-3-1)6-9-26-20-27(10-7-24-12-16-29-17-13-24)22-28(21-26)11-8-25-14-18-30-19-15-25/h1-5,12-22H,6-11H2. The highest BCUT2D eigenvalue weighted by molar-refractivity contribution is 5.33. The van der Waals surface area contributed by atoms with Crippen molar-refractivity contribution >= 4 is 0 Å². The lowest BCUT2D eigenvalue weighted by Gasteiger charge is -2.11. The zero-order chi connectivity index (χ0) is 20.4. The number of hydrogen-bond acceptors (Lipinski definition) is 2. The first-order valence-corrected chi connectivity index (χ1v) is 10.8. The van der Waals surface area contributed by atoms with Gasteiger partial charge in [0.15, 0.2) is 0 Å². The first-order chi connectivity index (χ1) is 14.8. The molecule has 2 heterocycles. The minimum Gasteiger partial charge on any atom is -0.265 e. The summed E-state index contributed by atoms with van der Waals surface area (Å²) < 4.78 is 0. The van der Waals surface area contributed by atoms with Crippen LogP contribution in [0.5, 0.6) is 0 Å². The summed E-state index contributed by atoms with van der Waals surface area (Å²) in [6.45, 7) is 0. The second-order valence-electron chi connectivity index (χ2n) is 7.85. The van der Waals surface area contributed by atoms with Crippen molar-refractivity contribution in [2.24, 2.45) is 0 Å². The van der Waals surface area contributed by atoms with Gasteiger partial charge in [-0.1, -0.05) is 48.5 Å². The van der Waals surface area contributed by atoms with E-state index in [-0.39, 0.29) is 0 Å². The minimum atomic E-state index is 1.05. The van der Waals surface area contributed by atoms with Gasteiger partial charge in [-0.2, -0.15) is 0 Å². The molecule has 0 spiro atoms. The first-order valence-electron chi connectivity index (χ1n) is 10.8. The van der Waals surface area contributed by atoms with E-state index in [0.29, 0.717) is 0 Å². The summed E-state index contributed by atoms with van der Waals surface area (Å²) in [5, 5.41) is 0. The van der Waals surface area contributed by atoms with E-state index in [1.54, 1.807) is 0 Å². The van der Waals surface area contributed by atoms with E-state index in [1.165, 1.54) is 33.4 Å². The van der Waals surface area contributed by atoms with Gasteiger partial charge < -0.3 is 0 Å². The number of nitrogens with zero attached hydrogens (tertiary/aromatic N) is 2. The first kappa shape index (κ1) is 20.0. The van der Waals surface area contributed by atoms with Crippen LogP contribution >= 0.6 is 0 Å². The Morgan fingerprint density at radius 1 is 0.367 bits per heavy atom. The maximum absolute atomic E-state index is 4.13. The molecule has 0 radical (unpaired) electrons. The molecule has 4 aromatic rings. The van der Waals surface area contributed by atoms with Gasteiger partial charge in [0.25, 0.3) is 0 Å². The summed E-state index contributed by atoms with van der Waals surface area (Å²) in [7, 11) is 0. The van der Waals surface area contributed by atoms with Crippen LogP contribution in [0.4, 0.5) is 0 Å². The van der Waals surface area contributed by atoms with Crippen molar-refractivity contribution in [1.82, 2.24) is 9.97 Å². The molecule has 2 nitrogen and oxygen atoms in total. The highest BCUT2D eigenvalue weighted by atomic mass is 14.6. The lowest BCUT2D eigenvalue weighted by molar-refractivity contribution is 0.901. The maximum Gasteiger partial charge on any atom is 0.0270 e. The second-order valence-corrected chi connectivity index (χ2v) is 7.85. The summed E-state index contributed by atoms with van der Waals surface area (Å²) in [4.78, 5) is 8.26. The molecule has 0 N–H and O–H groups in total. The fourth-order valence-corrected chi connectivity index (χ4v) is 3.88. The molecule has 0 unspecified atom stereocenters. The van der Waals surface area contributed by atoms with E-state index in [4.69, 9.17) is 0 Å². The molecule has 0 saturated carbocycles. The Morgan fingerprint density at radius 3 is 1.10 bits per heavy atom. The Morgan fingerprint density at radius 2 is 0.700 bits per heavy atom. The van der Waals surface area contributed by atoms with Gasteiger partial charge in [0.2, 0.25) is 0 Å². The molecule has 150 valence electrons. The van der Waals surface area contributed by atoms with Gasteiger partial charge in [-0.15, -0.1) is 0 Å². The maximum atomic E-state index is 4.13. The van der Waals surface area contributed by atoms with Crippen LogP contribution in [0.2, 0.25) is 0 Å². The van der Waals surface area contributed by atoms with Gasteiger partial charge in [0.05, 0.1) is 0 Å². The molecule has 0 bridgehead atoms. The third kappa shape index (κ3) is 6.12. The summed E-state index contributed by atoms with van der Waals surface area (Å²) in [5.74, 6) is 0. The molecule has 2 aromatic heterocycles. The van der Waals surface area contributed by atoms with Crippen molar-refractivity contribution in [3.8, 4) is 0 Å². The summed E-state index contributed by atoms with van der Waals surface area (Å²) in [6.07, 6.45) is 13.9. The molecule has 0 saturated heterocycles. The van der Waals surface area contributed by atoms with E-state index in [1.807, 2.05) is 24.8 Å². The summed E-state index contributed by atoms with van der Waals surface area (Å²) >= 11 is 0. The van der Waals surface area contributed by atoms with Gasteiger partial charge in [0, 0.05) is 24.8 Å². The molecular weight excluding hydrogens is 364 g/mol. The normalized spacial score (nSPS) is 10.8. The number of hydrogen-bond donors (Lipinski definition) is 0. The molecule has 0 aliphatic heterocycles. The van der Waals surface area contributed by atoms with Gasteiger partial charge >= 0.3 is 0 Å². The topological polar surface area (TPSA) is 25.8 Å².